The summed E-state index contributed by atoms with van der Waals surface area (Å²) in [5, 5.41) is 23.2. The van der Waals surface area contributed by atoms with Crippen molar-refractivity contribution in [2.45, 2.75) is 0 Å². The van der Waals surface area contributed by atoms with Crippen LogP contribution in [0.3, 0.4) is 0 Å². The molecule has 1 aromatic carbocycles. The number of hydrazone groups is 1. The standard InChI is InChI=1S/C12H9Cl2N3O2/c13-8-4-9(14)12(15-6-8)17-16-5-7-1-2-10(18)11(19)3-7/h1-6,18-19H,(H,15,17)/b16-5+. The molecule has 19 heavy (non-hydrogen) atoms. The van der Waals surface area contributed by atoms with Crippen LogP contribution in [0.4, 0.5) is 5.82 Å². The van der Waals surface area contributed by atoms with Gasteiger partial charge in [-0.25, -0.2) is 4.98 Å². The number of nitrogens with zero attached hydrogens (tertiary/aromatic N) is 2. The Morgan fingerprint density at radius 2 is 1.95 bits per heavy atom. The van der Waals surface area contributed by atoms with Crippen molar-refractivity contribution < 1.29 is 10.2 Å². The Morgan fingerprint density at radius 1 is 1.16 bits per heavy atom. The van der Waals surface area contributed by atoms with Crippen molar-refractivity contribution in [1.29, 1.82) is 0 Å². The highest BCUT2D eigenvalue weighted by molar-refractivity contribution is 6.35. The van der Waals surface area contributed by atoms with Crippen molar-refractivity contribution in [2.24, 2.45) is 5.10 Å². The van der Waals surface area contributed by atoms with Gasteiger partial charge in [0.2, 0.25) is 0 Å². The van der Waals surface area contributed by atoms with E-state index < -0.39 is 0 Å². The second-order valence-electron chi connectivity index (χ2n) is 3.60. The van der Waals surface area contributed by atoms with Crippen LogP contribution in [-0.4, -0.2) is 21.4 Å². The first-order chi connectivity index (χ1) is 9.06. The second kappa shape index (κ2) is 5.77. The summed E-state index contributed by atoms with van der Waals surface area (Å²) < 4.78 is 0. The summed E-state index contributed by atoms with van der Waals surface area (Å²) in [5.74, 6) is -0.0376. The number of rotatable bonds is 3. The number of hydrogen-bond acceptors (Lipinski definition) is 5. The normalized spacial score (nSPS) is 10.8. The van der Waals surface area contributed by atoms with Gasteiger partial charge in [-0.15, -0.1) is 0 Å². The first-order valence-electron chi connectivity index (χ1n) is 5.18. The van der Waals surface area contributed by atoms with Crippen LogP contribution in [0.25, 0.3) is 0 Å². The number of aromatic hydroxyl groups is 2. The summed E-state index contributed by atoms with van der Waals surface area (Å²) in [6.45, 7) is 0. The van der Waals surface area contributed by atoms with Crippen LogP contribution in [-0.2, 0) is 0 Å². The number of phenolic OH excluding ortho intramolecular Hbond substituents is 2. The summed E-state index contributed by atoms with van der Waals surface area (Å²) in [5.41, 5.74) is 3.25. The molecule has 0 aliphatic carbocycles. The number of anilines is 1. The molecule has 0 bridgehead atoms. The molecule has 98 valence electrons. The molecule has 1 heterocycles. The van der Waals surface area contributed by atoms with E-state index in [1.807, 2.05) is 0 Å². The van der Waals surface area contributed by atoms with E-state index in [2.05, 4.69) is 15.5 Å². The quantitative estimate of drug-likeness (QED) is 0.462. The van der Waals surface area contributed by atoms with Crippen molar-refractivity contribution in [1.82, 2.24) is 4.98 Å². The van der Waals surface area contributed by atoms with Crippen LogP contribution < -0.4 is 5.43 Å². The van der Waals surface area contributed by atoms with E-state index in [4.69, 9.17) is 28.3 Å². The van der Waals surface area contributed by atoms with E-state index in [0.29, 0.717) is 21.4 Å². The molecule has 0 atom stereocenters. The van der Waals surface area contributed by atoms with Crippen LogP contribution in [0.5, 0.6) is 11.5 Å². The average Bonchev–Trinajstić information content (AvgIpc) is 2.36. The molecule has 0 unspecified atom stereocenters. The molecule has 0 aliphatic heterocycles. The molecule has 7 heteroatoms. The Kier molecular flexibility index (Phi) is 4.09. The van der Waals surface area contributed by atoms with Crippen molar-refractivity contribution in [3.63, 3.8) is 0 Å². The van der Waals surface area contributed by atoms with Crippen molar-refractivity contribution in [3.05, 3.63) is 46.1 Å². The molecule has 2 rings (SSSR count). The molecule has 5 nitrogen and oxygen atoms in total. The van der Waals surface area contributed by atoms with Crippen LogP contribution in [0.15, 0.2) is 35.6 Å². The Balaban J connectivity index is 2.09. The molecular formula is C12H9Cl2N3O2. The first kappa shape index (κ1) is 13.5. The van der Waals surface area contributed by atoms with E-state index >= 15 is 0 Å². The van der Waals surface area contributed by atoms with Crippen LogP contribution in [0, 0.1) is 0 Å². The lowest BCUT2D eigenvalue weighted by Crippen LogP contribution is -1.94. The summed E-state index contributed by atoms with van der Waals surface area (Å²) in [4.78, 5) is 3.96. The number of nitrogens with one attached hydrogen (secondary N) is 1. The molecule has 0 saturated heterocycles. The number of halogens is 2. The molecule has 3 N–H and O–H groups in total. The fourth-order valence-corrected chi connectivity index (χ4v) is 1.71. The lowest BCUT2D eigenvalue weighted by Gasteiger charge is -2.02. The summed E-state index contributed by atoms with van der Waals surface area (Å²) in [6.07, 6.45) is 2.89. The number of pyridine rings is 1. The third-order valence-corrected chi connectivity index (χ3v) is 2.69. The number of aromatic nitrogens is 1. The third-order valence-electron chi connectivity index (χ3n) is 2.19. The molecule has 0 spiro atoms. The van der Waals surface area contributed by atoms with Crippen LogP contribution >= 0.6 is 23.2 Å². The van der Waals surface area contributed by atoms with E-state index in [0.717, 1.165) is 0 Å². The van der Waals surface area contributed by atoms with Crippen LogP contribution in [0.1, 0.15) is 5.56 Å². The highest BCUT2D eigenvalue weighted by atomic mass is 35.5. The molecular weight excluding hydrogens is 289 g/mol. The Labute approximate surface area is 119 Å². The Bertz CT molecular complexity index is 632. The van der Waals surface area contributed by atoms with E-state index in [-0.39, 0.29) is 11.5 Å². The van der Waals surface area contributed by atoms with Gasteiger partial charge in [0, 0.05) is 6.20 Å². The van der Waals surface area contributed by atoms with Gasteiger partial charge in [0.1, 0.15) is 0 Å². The van der Waals surface area contributed by atoms with Crippen molar-refractivity contribution in [3.8, 4) is 11.5 Å². The molecule has 2 aromatic rings. The molecule has 0 saturated carbocycles. The highest BCUT2D eigenvalue weighted by Crippen LogP contribution is 2.24. The molecule has 0 amide bonds. The largest absolute Gasteiger partial charge is 0.504 e. The zero-order chi connectivity index (χ0) is 13.8. The summed E-state index contributed by atoms with van der Waals surface area (Å²) in [6, 6.07) is 5.87. The van der Waals surface area contributed by atoms with Gasteiger partial charge in [-0.2, -0.15) is 5.10 Å². The zero-order valence-electron chi connectivity index (χ0n) is 9.51. The highest BCUT2D eigenvalue weighted by Gasteiger charge is 2.01. The summed E-state index contributed by atoms with van der Waals surface area (Å²) >= 11 is 11.6. The summed E-state index contributed by atoms with van der Waals surface area (Å²) in [7, 11) is 0. The van der Waals surface area contributed by atoms with Gasteiger partial charge >= 0.3 is 0 Å². The molecule has 0 aliphatic rings. The van der Waals surface area contributed by atoms with Gasteiger partial charge in [0.25, 0.3) is 0 Å². The minimum Gasteiger partial charge on any atom is -0.504 e. The topological polar surface area (TPSA) is 77.7 Å². The Morgan fingerprint density at radius 3 is 2.63 bits per heavy atom. The van der Waals surface area contributed by atoms with E-state index in [1.54, 1.807) is 12.1 Å². The fourth-order valence-electron chi connectivity index (χ4n) is 1.29. The predicted octanol–water partition coefficient (Wildman–Crippen LogP) is 3.25. The molecule has 0 fully saturated rings. The van der Waals surface area contributed by atoms with Gasteiger partial charge in [-0.3, -0.25) is 5.43 Å². The van der Waals surface area contributed by atoms with Crippen molar-refractivity contribution in [2.75, 3.05) is 5.43 Å². The van der Waals surface area contributed by atoms with Gasteiger partial charge in [0.15, 0.2) is 17.3 Å². The van der Waals surface area contributed by atoms with Gasteiger partial charge < -0.3 is 10.2 Å². The molecule has 0 radical (unpaired) electrons. The smallest absolute Gasteiger partial charge is 0.165 e. The lowest BCUT2D eigenvalue weighted by atomic mass is 10.2. The maximum absolute atomic E-state index is 9.31. The monoisotopic (exact) mass is 297 g/mol. The predicted molar refractivity (Wildman–Crippen MR) is 75.2 cm³/mol. The lowest BCUT2D eigenvalue weighted by molar-refractivity contribution is 0.403. The SMILES string of the molecule is Oc1ccc(/C=N/Nc2ncc(Cl)cc2Cl)cc1O. The minimum atomic E-state index is -0.216. The molecule has 1 aromatic heterocycles. The second-order valence-corrected chi connectivity index (χ2v) is 4.45. The van der Waals surface area contributed by atoms with Gasteiger partial charge in [-0.05, 0) is 29.8 Å². The van der Waals surface area contributed by atoms with Crippen LogP contribution in [0.2, 0.25) is 10.0 Å². The first-order valence-corrected chi connectivity index (χ1v) is 5.94. The average molecular weight is 298 g/mol. The van der Waals surface area contributed by atoms with Gasteiger partial charge in [-0.1, -0.05) is 23.2 Å². The Hall–Kier alpha value is -1.98. The maximum Gasteiger partial charge on any atom is 0.165 e. The number of benzene rings is 1. The zero-order valence-corrected chi connectivity index (χ0v) is 11.0. The third kappa shape index (κ3) is 3.49. The van der Waals surface area contributed by atoms with E-state index in [9.17, 15) is 5.11 Å². The van der Waals surface area contributed by atoms with E-state index in [1.165, 1.54) is 24.5 Å². The van der Waals surface area contributed by atoms with Gasteiger partial charge in [0.05, 0.1) is 16.3 Å². The fraction of sp³-hybridized carbons (Fsp3) is 0. The van der Waals surface area contributed by atoms with Crippen molar-refractivity contribution >= 4 is 35.2 Å². The number of hydrogen-bond donors (Lipinski definition) is 3. The maximum atomic E-state index is 9.31. The minimum absolute atomic E-state index is 0.187. The number of phenols is 2.